The van der Waals surface area contributed by atoms with Crippen molar-refractivity contribution in [1.29, 1.82) is 0 Å². The highest BCUT2D eigenvalue weighted by Gasteiger charge is 2.58. The molecule has 0 radical (unpaired) electrons. The molecule has 2 heterocycles. The number of ether oxygens (including phenoxy) is 1. The largest absolute Gasteiger partial charge is 0.378 e. The molecule has 1 spiro atoms. The van der Waals surface area contributed by atoms with Gasteiger partial charge in [-0.2, -0.15) is 0 Å². The normalized spacial score (nSPS) is 27.5. The van der Waals surface area contributed by atoms with Crippen LogP contribution < -0.4 is 5.32 Å². The van der Waals surface area contributed by atoms with E-state index in [4.69, 9.17) is 4.74 Å². The lowest BCUT2D eigenvalue weighted by Crippen LogP contribution is -2.46. The van der Waals surface area contributed by atoms with E-state index in [-0.39, 0.29) is 29.7 Å². The molecule has 1 unspecified atom stereocenters. The average molecular weight is 295 g/mol. The van der Waals surface area contributed by atoms with Gasteiger partial charge in [-0.25, -0.2) is 0 Å². The van der Waals surface area contributed by atoms with Crippen LogP contribution in [0.5, 0.6) is 0 Å². The quantitative estimate of drug-likeness (QED) is 0.776. The molecule has 0 aromatic heterocycles. The van der Waals surface area contributed by atoms with Crippen molar-refractivity contribution in [2.45, 2.75) is 19.3 Å². The first kappa shape index (κ1) is 14.8. The predicted octanol–water partition coefficient (Wildman–Crippen LogP) is -0.307. The molecule has 2 aliphatic heterocycles. The summed E-state index contributed by atoms with van der Waals surface area (Å²) in [5, 5.41) is 3.35. The predicted molar refractivity (Wildman–Crippen MR) is 77.7 cm³/mol. The monoisotopic (exact) mass is 295 g/mol. The van der Waals surface area contributed by atoms with Gasteiger partial charge in [0.1, 0.15) is 0 Å². The van der Waals surface area contributed by atoms with Crippen molar-refractivity contribution >= 4 is 11.8 Å². The molecule has 2 saturated heterocycles. The van der Waals surface area contributed by atoms with E-state index in [1.165, 1.54) is 0 Å². The van der Waals surface area contributed by atoms with Crippen LogP contribution in [-0.2, 0) is 14.3 Å². The van der Waals surface area contributed by atoms with Gasteiger partial charge in [-0.1, -0.05) is 0 Å². The Bertz CT molecular complexity index is 414. The van der Waals surface area contributed by atoms with Gasteiger partial charge in [0.25, 0.3) is 0 Å². The highest BCUT2D eigenvalue weighted by atomic mass is 16.5. The van der Waals surface area contributed by atoms with Crippen LogP contribution >= 0.6 is 0 Å². The van der Waals surface area contributed by atoms with E-state index in [1.807, 2.05) is 0 Å². The number of rotatable bonds is 3. The zero-order chi connectivity index (χ0) is 14.9. The van der Waals surface area contributed by atoms with Crippen LogP contribution in [0.2, 0.25) is 0 Å². The minimum atomic E-state index is 0.0363. The summed E-state index contributed by atoms with van der Waals surface area (Å²) < 4.78 is 5.25. The summed E-state index contributed by atoms with van der Waals surface area (Å²) in [6.45, 7) is 4.70. The number of nitrogens with zero attached hydrogens (tertiary/aromatic N) is 2. The van der Waals surface area contributed by atoms with Crippen molar-refractivity contribution in [3.63, 3.8) is 0 Å². The number of morpholine rings is 1. The number of carbonyl (C=O) groups excluding carboxylic acids is 2. The number of likely N-dealkylation sites (N-methyl/N-ethyl adjacent to an activating group) is 1. The van der Waals surface area contributed by atoms with Crippen LogP contribution in [0.1, 0.15) is 19.3 Å². The van der Waals surface area contributed by atoms with Gasteiger partial charge in [-0.15, -0.1) is 0 Å². The number of nitrogens with one attached hydrogen (secondary N) is 1. The summed E-state index contributed by atoms with van der Waals surface area (Å²) in [7, 11) is 1.76. The summed E-state index contributed by atoms with van der Waals surface area (Å²) in [5.41, 5.74) is 0.235. The van der Waals surface area contributed by atoms with Crippen molar-refractivity contribution in [3.05, 3.63) is 0 Å². The van der Waals surface area contributed by atoms with Crippen molar-refractivity contribution in [1.82, 2.24) is 15.1 Å². The summed E-state index contributed by atoms with van der Waals surface area (Å²) in [6.07, 6.45) is 3.19. The van der Waals surface area contributed by atoms with Gasteiger partial charge in [0.2, 0.25) is 11.8 Å². The topological polar surface area (TPSA) is 61.9 Å². The molecule has 1 aliphatic carbocycles. The molecule has 1 saturated carbocycles. The van der Waals surface area contributed by atoms with Crippen LogP contribution in [0.25, 0.3) is 0 Å². The molecule has 6 heteroatoms. The third-order valence-electron chi connectivity index (χ3n) is 5.20. The molecule has 3 rings (SSSR count). The maximum atomic E-state index is 12.5. The number of piperidine rings is 1. The highest BCUT2D eigenvalue weighted by molar-refractivity contribution is 5.87. The molecule has 3 aliphatic rings. The number of hydrogen-bond donors (Lipinski definition) is 1. The Kier molecular flexibility index (Phi) is 4.17. The first-order valence-corrected chi connectivity index (χ1v) is 7.94. The van der Waals surface area contributed by atoms with Gasteiger partial charge in [-0.05, 0) is 37.8 Å². The smallest absolute Gasteiger partial charge is 0.242 e. The fourth-order valence-electron chi connectivity index (χ4n) is 3.63. The van der Waals surface area contributed by atoms with Crippen molar-refractivity contribution in [2.24, 2.45) is 11.3 Å². The third kappa shape index (κ3) is 3.06. The van der Waals surface area contributed by atoms with Gasteiger partial charge in [0.05, 0.1) is 19.8 Å². The zero-order valence-corrected chi connectivity index (χ0v) is 12.8. The lowest BCUT2D eigenvalue weighted by molar-refractivity contribution is -0.142. The third-order valence-corrected chi connectivity index (χ3v) is 5.20. The van der Waals surface area contributed by atoms with Crippen LogP contribution in [0.15, 0.2) is 0 Å². The summed E-state index contributed by atoms with van der Waals surface area (Å²) >= 11 is 0. The SMILES string of the molecule is CN(CC(=O)N1CCOCC1)C(=O)C1CC12CCNCC2. The number of amides is 2. The van der Waals surface area contributed by atoms with Crippen molar-refractivity contribution in [2.75, 3.05) is 53.0 Å². The fourth-order valence-corrected chi connectivity index (χ4v) is 3.63. The molecule has 118 valence electrons. The van der Waals surface area contributed by atoms with E-state index < -0.39 is 0 Å². The molecular formula is C15H25N3O3. The van der Waals surface area contributed by atoms with Crippen LogP contribution in [0, 0.1) is 11.3 Å². The van der Waals surface area contributed by atoms with E-state index in [0.717, 1.165) is 32.4 Å². The minimum Gasteiger partial charge on any atom is -0.378 e. The molecule has 1 N–H and O–H groups in total. The maximum Gasteiger partial charge on any atom is 0.242 e. The lowest BCUT2D eigenvalue weighted by Gasteiger charge is -2.29. The Balaban J connectivity index is 1.50. The van der Waals surface area contributed by atoms with Gasteiger partial charge in [0.15, 0.2) is 0 Å². The number of carbonyl (C=O) groups is 2. The Morgan fingerprint density at radius 3 is 2.62 bits per heavy atom. The first-order chi connectivity index (χ1) is 10.1. The molecule has 1 atom stereocenters. The summed E-state index contributed by atoms with van der Waals surface area (Å²) in [6, 6.07) is 0. The van der Waals surface area contributed by atoms with Gasteiger partial charge in [0, 0.05) is 26.1 Å². The molecule has 6 nitrogen and oxygen atoms in total. The molecule has 0 aromatic carbocycles. The fraction of sp³-hybridized carbons (Fsp3) is 0.867. The van der Waals surface area contributed by atoms with Gasteiger partial charge in [-0.3, -0.25) is 9.59 Å². The second kappa shape index (κ2) is 5.93. The minimum absolute atomic E-state index is 0.0363. The van der Waals surface area contributed by atoms with E-state index in [0.29, 0.717) is 26.3 Å². The van der Waals surface area contributed by atoms with Crippen LogP contribution in [-0.4, -0.2) is 74.6 Å². The van der Waals surface area contributed by atoms with Crippen molar-refractivity contribution in [3.8, 4) is 0 Å². The van der Waals surface area contributed by atoms with Gasteiger partial charge < -0.3 is 19.9 Å². The van der Waals surface area contributed by atoms with E-state index >= 15 is 0 Å². The molecule has 2 amide bonds. The zero-order valence-electron chi connectivity index (χ0n) is 12.8. The Morgan fingerprint density at radius 2 is 1.95 bits per heavy atom. The first-order valence-electron chi connectivity index (χ1n) is 7.94. The standard InChI is InChI=1S/C15H25N3O3/c1-17(11-13(19)18-6-8-21-9-7-18)14(20)12-10-15(12)2-4-16-5-3-15/h12,16H,2-11H2,1H3. The molecule has 0 aromatic rings. The van der Waals surface area contributed by atoms with Crippen LogP contribution in [0.3, 0.4) is 0 Å². The molecule has 0 bridgehead atoms. The molecule has 21 heavy (non-hydrogen) atoms. The average Bonchev–Trinajstić information content (AvgIpc) is 3.21. The maximum absolute atomic E-state index is 12.5. The molecular weight excluding hydrogens is 270 g/mol. The Morgan fingerprint density at radius 1 is 1.29 bits per heavy atom. The van der Waals surface area contributed by atoms with E-state index in [2.05, 4.69) is 5.32 Å². The summed E-state index contributed by atoms with van der Waals surface area (Å²) in [5.74, 6) is 0.328. The van der Waals surface area contributed by atoms with E-state index in [9.17, 15) is 9.59 Å². The highest BCUT2D eigenvalue weighted by Crippen LogP contribution is 2.59. The van der Waals surface area contributed by atoms with Crippen LogP contribution in [0.4, 0.5) is 0 Å². The summed E-state index contributed by atoms with van der Waals surface area (Å²) in [4.78, 5) is 28.1. The second-order valence-corrected chi connectivity index (χ2v) is 6.56. The molecule has 3 fully saturated rings. The van der Waals surface area contributed by atoms with Gasteiger partial charge >= 0.3 is 0 Å². The Labute approximate surface area is 125 Å². The Hall–Kier alpha value is -1.14. The lowest BCUT2D eigenvalue weighted by atomic mass is 9.91. The van der Waals surface area contributed by atoms with E-state index in [1.54, 1.807) is 16.8 Å². The van der Waals surface area contributed by atoms with Crippen molar-refractivity contribution < 1.29 is 14.3 Å². The number of hydrogen-bond acceptors (Lipinski definition) is 4. The second-order valence-electron chi connectivity index (χ2n) is 6.56.